The fourth-order valence-electron chi connectivity index (χ4n) is 0.935. The first-order valence-electron chi connectivity index (χ1n) is 4.49. The molecule has 1 rings (SSSR count). The third kappa shape index (κ3) is 8.01. The van der Waals surface area contributed by atoms with Gasteiger partial charge in [0.2, 0.25) is 0 Å². The molecule has 5 N–H and O–H groups in total. The minimum Gasteiger partial charge on any atom is -0.427 e. The van der Waals surface area contributed by atoms with Crippen molar-refractivity contribution in [3.63, 3.8) is 0 Å². The first-order chi connectivity index (χ1) is 5.66. The molecular formula is C7H19BN2O2. The minimum atomic E-state index is -1.10. The Morgan fingerprint density at radius 1 is 1.58 bits per heavy atom. The molecule has 0 spiro atoms. The highest BCUT2D eigenvalue weighted by Crippen LogP contribution is 1.90. The van der Waals surface area contributed by atoms with Crippen molar-refractivity contribution < 1.29 is 10.0 Å². The Kier molecular flexibility index (Phi) is 7.49. The summed E-state index contributed by atoms with van der Waals surface area (Å²) >= 11 is 0. The minimum absolute atomic E-state index is 0.435. The van der Waals surface area contributed by atoms with Gasteiger partial charge in [0.25, 0.3) is 0 Å². The van der Waals surface area contributed by atoms with Gasteiger partial charge >= 0.3 is 7.12 Å². The van der Waals surface area contributed by atoms with Crippen molar-refractivity contribution in [1.29, 1.82) is 0 Å². The Balaban J connectivity index is 0.000000202. The van der Waals surface area contributed by atoms with Crippen LogP contribution in [0.5, 0.6) is 0 Å². The van der Waals surface area contributed by atoms with E-state index in [2.05, 4.69) is 5.32 Å². The quantitative estimate of drug-likeness (QED) is 0.412. The van der Waals surface area contributed by atoms with Crippen LogP contribution in [0.25, 0.3) is 0 Å². The van der Waals surface area contributed by atoms with Gasteiger partial charge in [-0.15, -0.1) is 0 Å². The summed E-state index contributed by atoms with van der Waals surface area (Å²) in [6.07, 6.45) is 2.47. The summed E-state index contributed by atoms with van der Waals surface area (Å²) in [5.41, 5.74) is 5.47. The van der Waals surface area contributed by atoms with E-state index < -0.39 is 7.12 Å². The molecule has 1 aliphatic heterocycles. The van der Waals surface area contributed by atoms with E-state index in [9.17, 15) is 0 Å². The predicted molar refractivity (Wildman–Crippen MR) is 50.8 cm³/mol. The summed E-state index contributed by atoms with van der Waals surface area (Å²) in [5.74, 6) is 0. The molecule has 0 amide bonds. The Labute approximate surface area is 74.3 Å². The van der Waals surface area contributed by atoms with E-state index in [0.29, 0.717) is 12.4 Å². The second-order valence-corrected chi connectivity index (χ2v) is 3.02. The van der Waals surface area contributed by atoms with Gasteiger partial charge in [0.15, 0.2) is 0 Å². The lowest BCUT2D eigenvalue weighted by Crippen LogP contribution is -2.21. The summed E-state index contributed by atoms with van der Waals surface area (Å²) in [4.78, 5) is 0. The van der Waals surface area contributed by atoms with E-state index in [1.165, 1.54) is 0 Å². The molecule has 72 valence electrons. The zero-order valence-electron chi connectivity index (χ0n) is 7.66. The van der Waals surface area contributed by atoms with Crippen molar-refractivity contribution in [3.8, 4) is 0 Å². The average molecular weight is 174 g/mol. The monoisotopic (exact) mass is 174 g/mol. The normalized spacial score (nSPS) is 21.5. The molecule has 1 saturated heterocycles. The van der Waals surface area contributed by atoms with Gasteiger partial charge in [-0.1, -0.05) is 13.3 Å². The fourth-order valence-corrected chi connectivity index (χ4v) is 0.935. The molecule has 1 atom stereocenters. The van der Waals surface area contributed by atoms with Crippen molar-refractivity contribution >= 4 is 7.12 Å². The zero-order valence-corrected chi connectivity index (χ0v) is 7.66. The summed E-state index contributed by atoms with van der Waals surface area (Å²) in [7, 11) is -1.10. The summed E-state index contributed by atoms with van der Waals surface area (Å²) in [6.45, 7) is 4.03. The summed E-state index contributed by atoms with van der Waals surface area (Å²) in [6, 6.07) is 0.435. The summed E-state index contributed by atoms with van der Waals surface area (Å²) in [5, 5.41) is 19.4. The van der Waals surface area contributed by atoms with E-state index in [1.807, 2.05) is 6.92 Å². The number of rotatable bonds is 2. The van der Waals surface area contributed by atoms with E-state index in [-0.39, 0.29) is 0 Å². The molecule has 12 heavy (non-hydrogen) atoms. The van der Waals surface area contributed by atoms with Crippen LogP contribution in [0.1, 0.15) is 19.8 Å². The number of nitrogens with one attached hydrogen (secondary N) is 1. The van der Waals surface area contributed by atoms with Crippen LogP contribution in [-0.4, -0.2) is 36.3 Å². The van der Waals surface area contributed by atoms with Crippen LogP contribution in [-0.2, 0) is 0 Å². The fraction of sp³-hybridized carbons (Fsp3) is 1.00. The Hall–Kier alpha value is -0.0951. The van der Waals surface area contributed by atoms with E-state index in [0.717, 1.165) is 25.9 Å². The van der Waals surface area contributed by atoms with Crippen LogP contribution in [0, 0.1) is 0 Å². The molecule has 0 aromatic carbocycles. The Morgan fingerprint density at radius 3 is 2.33 bits per heavy atom. The molecule has 0 unspecified atom stereocenters. The van der Waals surface area contributed by atoms with E-state index in [4.69, 9.17) is 15.8 Å². The SMILES string of the molecule is CCCB(O)O.N[C@H]1CCNC1. The number of nitrogens with two attached hydrogens (primary N) is 1. The lowest BCUT2D eigenvalue weighted by atomic mass is 9.85. The molecule has 5 heteroatoms. The maximum absolute atomic E-state index is 8.11. The van der Waals surface area contributed by atoms with Crippen LogP contribution < -0.4 is 11.1 Å². The molecular weight excluding hydrogens is 155 g/mol. The highest BCUT2D eigenvalue weighted by atomic mass is 16.4. The van der Waals surface area contributed by atoms with Crippen LogP contribution in [0.3, 0.4) is 0 Å². The van der Waals surface area contributed by atoms with Gasteiger partial charge < -0.3 is 21.1 Å². The molecule has 0 aliphatic carbocycles. The summed E-state index contributed by atoms with van der Waals surface area (Å²) < 4.78 is 0. The van der Waals surface area contributed by atoms with Gasteiger partial charge in [-0.25, -0.2) is 0 Å². The second kappa shape index (κ2) is 7.55. The average Bonchev–Trinajstić information content (AvgIpc) is 2.40. The molecule has 4 nitrogen and oxygen atoms in total. The maximum atomic E-state index is 8.11. The number of hydrogen-bond donors (Lipinski definition) is 4. The lowest BCUT2D eigenvalue weighted by Gasteiger charge is -1.91. The highest BCUT2D eigenvalue weighted by Gasteiger charge is 2.06. The predicted octanol–water partition coefficient (Wildman–Crippen LogP) is -0.824. The van der Waals surface area contributed by atoms with Crippen LogP contribution in [0.15, 0.2) is 0 Å². The van der Waals surface area contributed by atoms with Crippen LogP contribution in [0.2, 0.25) is 6.32 Å². The second-order valence-electron chi connectivity index (χ2n) is 3.02. The van der Waals surface area contributed by atoms with Gasteiger partial charge in [0.05, 0.1) is 0 Å². The standard InChI is InChI=1S/C4H10N2.C3H9BO2/c5-4-1-2-6-3-4;1-2-3-4(5)6/h4,6H,1-3,5H2;5-6H,2-3H2,1H3/t4-;/m0./s1. The first kappa shape index (κ1) is 11.9. The van der Waals surface area contributed by atoms with E-state index in [1.54, 1.807) is 0 Å². The topological polar surface area (TPSA) is 78.5 Å². The largest absolute Gasteiger partial charge is 0.451 e. The molecule has 0 aromatic rings. The molecule has 1 aliphatic rings. The molecule has 1 heterocycles. The third-order valence-electron chi connectivity index (χ3n) is 1.65. The first-order valence-corrected chi connectivity index (χ1v) is 4.49. The molecule has 0 radical (unpaired) electrons. The molecule has 1 fully saturated rings. The van der Waals surface area contributed by atoms with Crippen molar-refractivity contribution in [1.82, 2.24) is 5.32 Å². The lowest BCUT2D eigenvalue weighted by molar-refractivity contribution is 0.404. The van der Waals surface area contributed by atoms with E-state index >= 15 is 0 Å². The highest BCUT2D eigenvalue weighted by molar-refractivity contribution is 6.40. The number of hydrogen-bond acceptors (Lipinski definition) is 4. The van der Waals surface area contributed by atoms with Gasteiger partial charge in [-0.05, 0) is 19.3 Å². The smallest absolute Gasteiger partial charge is 0.427 e. The zero-order chi connectivity index (χ0) is 9.40. The van der Waals surface area contributed by atoms with Crippen LogP contribution >= 0.6 is 0 Å². The van der Waals surface area contributed by atoms with Gasteiger partial charge in [-0.2, -0.15) is 0 Å². The van der Waals surface area contributed by atoms with Crippen molar-refractivity contribution in [3.05, 3.63) is 0 Å². The molecule has 0 saturated carbocycles. The van der Waals surface area contributed by atoms with Crippen LogP contribution in [0.4, 0.5) is 0 Å². The van der Waals surface area contributed by atoms with Crippen molar-refractivity contribution in [2.75, 3.05) is 13.1 Å². The van der Waals surface area contributed by atoms with Gasteiger partial charge in [-0.3, -0.25) is 0 Å². The third-order valence-corrected chi connectivity index (χ3v) is 1.65. The van der Waals surface area contributed by atoms with Gasteiger partial charge in [0, 0.05) is 12.6 Å². The molecule has 0 aromatic heterocycles. The maximum Gasteiger partial charge on any atom is 0.451 e. The van der Waals surface area contributed by atoms with Crippen molar-refractivity contribution in [2.24, 2.45) is 5.73 Å². The Bertz CT molecular complexity index is 97.4. The Morgan fingerprint density at radius 2 is 2.25 bits per heavy atom. The molecule has 0 bridgehead atoms. The van der Waals surface area contributed by atoms with Gasteiger partial charge in [0.1, 0.15) is 0 Å². The van der Waals surface area contributed by atoms with Crippen molar-refractivity contribution in [2.45, 2.75) is 32.1 Å².